The second-order valence-corrected chi connectivity index (χ2v) is 3.85. The smallest absolute Gasteiger partial charge is 0.151 e. The molecule has 0 spiro atoms. The standard InChI is InChI=1S/C11H19N3/c1-4-14(8-9(2)3)11-10(12)6-5-7-13-11/h5-7,9H,4,8,12H2,1-3H3. The number of rotatable bonds is 4. The molecule has 1 heterocycles. The number of nitrogens with zero attached hydrogens (tertiary/aromatic N) is 2. The van der Waals surface area contributed by atoms with Gasteiger partial charge < -0.3 is 10.6 Å². The van der Waals surface area contributed by atoms with Crippen LogP contribution in [-0.4, -0.2) is 18.1 Å². The SMILES string of the molecule is CCN(CC(C)C)c1ncccc1N. The quantitative estimate of drug-likeness (QED) is 0.796. The third-order valence-electron chi connectivity index (χ3n) is 2.08. The second kappa shape index (κ2) is 4.84. The highest BCUT2D eigenvalue weighted by molar-refractivity contribution is 5.62. The van der Waals surface area contributed by atoms with Gasteiger partial charge in [-0.25, -0.2) is 4.98 Å². The van der Waals surface area contributed by atoms with Crippen molar-refractivity contribution in [3.8, 4) is 0 Å². The van der Waals surface area contributed by atoms with E-state index in [-0.39, 0.29) is 0 Å². The number of anilines is 2. The lowest BCUT2D eigenvalue weighted by Crippen LogP contribution is -2.28. The van der Waals surface area contributed by atoms with Crippen molar-refractivity contribution in [2.75, 3.05) is 23.7 Å². The molecule has 78 valence electrons. The van der Waals surface area contributed by atoms with Gasteiger partial charge in [0.2, 0.25) is 0 Å². The highest BCUT2D eigenvalue weighted by atomic mass is 15.2. The van der Waals surface area contributed by atoms with Gasteiger partial charge >= 0.3 is 0 Å². The molecule has 0 saturated carbocycles. The lowest BCUT2D eigenvalue weighted by Gasteiger charge is -2.24. The lowest BCUT2D eigenvalue weighted by molar-refractivity contribution is 0.615. The highest BCUT2D eigenvalue weighted by Crippen LogP contribution is 2.19. The molecule has 0 radical (unpaired) electrons. The minimum Gasteiger partial charge on any atom is -0.396 e. The van der Waals surface area contributed by atoms with Gasteiger partial charge in [0.25, 0.3) is 0 Å². The molecule has 0 fully saturated rings. The van der Waals surface area contributed by atoms with Gasteiger partial charge in [-0.2, -0.15) is 0 Å². The maximum atomic E-state index is 5.87. The summed E-state index contributed by atoms with van der Waals surface area (Å²) in [6.45, 7) is 8.46. The first-order chi connectivity index (χ1) is 6.65. The van der Waals surface area contributed by atoms with E-state index in [0.29, 0.717) is 5.92 Å². The molecule has 0 amide bonds. The third kappa shape index (κ3) is 2.62. The average Bonchev–Trinajstić information content (AvgIpc) is 2.15. The number of hydrogen-bond acceptors (Lipinski definition) is 3. The molecule has 0 bridgehead atoms. The molecule has 3 heteroatoms. The molecule has 2 N–H and O–H groups in total. The average molecular weight is 193 g/mol. The summed E-state index contributed by atoms with van der Waals surface area (Å²) in [6, 6.07) is 3.76. The number of nitrogen functional groups attached to an aromatic ring is 1. The summed E-state index contributed by atoms with van der Waals surface area (Å²) in [5, 5.41) is 0. The molecule has 0 aliphatic rings. The van der Waals surface area contributed by atoms with E-state index in [1.54, 1.807) is 6.20 Å². The van der Waals surface area contributed by atoms with Crippen LogP contribution in [0.5, 0.6) is 0 Å². The number of aromatic nitrogens is 1. The first-order valence-corrected chi connectivity index (χ1v) is 5.10. The zero-order valence-electron chi connectivity index (χ0n) is 9.20. The fourth-order valence-corrected chi connectivity index (χ4v) is 1.48. The first kappa shape index (κ1) is 10.8. The molecule has 1 rings (SSSR count). The summed E-state index contributed by atoms with van der Waals surface area (Å²) in [6.07, 6.45) is 1.79. The fraction of sp³-hybridized carbons (Fsp3) is 0.545. The summed E-state index contributed by atoms with van der Waals surface area (Å²) in [5.74, 6) is 1.53. The van der Waals surface area contributed by atoms with Crippen LogP contribution in [0.1, 0.15) is 20.8 Å². The second-order valence-electron chi connectivity index (χ2n) is 3.85. The molecule has 0 aromatic carbocycles. The summed E-state index contributed by atoms with van der Waals surface area (Å²) in [4.78, 5) is 6.51. The lowest BCUT2D eigenvalue weighted by atomic mass is 10.2. The van der Waals surface area contributed by atoms with Gasteiger partial charge in [-0.15, -0.1) is 0 Å². The molecule has 1 aromatic rings. The number of nitrogens with two attached hydrogens (primary N) is 1. The van der Waals surface area contributed by atoms with Crippen LogP contribution >= 0.6 is 0 Å². The molecule has 0 aliphatic heterocycles. The molecule has 1 aromatic heterocycles. The highest BCUT2D eigenvalue weighted by Gasteiger charge is 2.09. The number of hydrogen-bond donors (Lipinski definition) is 1. The topological polar surface area (TPSA) is 42.2 Å². The summed E-state index contributed by atoms with van der Waals surface area (Å²) < 4.78 is 0. The van der Waals surface area contributed by atoms with Crippen LogP contribution in [0, 0.1) is 5.92 Å². The molecule has 0 unspecified atom stereocenters. The zero-order valence-corrected chi connectivity index (χ0v) is 9.20. The van der Waals surface area contributed by atoms with E-state index >= 15 is 0 Å². The summed E-state index contributed by atoms with van der Waals surface area (Å²) >= 11 is 0. The van der Waals surface area contributed by atoms with E-state index in [1.165, 1.54) is 0 Å². The Balaban J connectivity index is 2.83. The predicted octanol–water partition coefficient (Wildman–Crippen LogP) is 2.15. The van der Waals surface area contributed by atoms with Crippen LogP contribution in [0.3, 0.4) is 0 Å². The Bertz CT molecular complexity index is 284. The molecule has 0 aliphatic carbocycles. The van der Waals surface area contributed by atoms with E-state index in [0.717, 1.165) is 24.6 Å². The van der Waals surface area contributed by atoms with E-state index in [1.807, 2.05) is 12.1 Å². The van der Waals surface area contributed by atoms with Gasteiger partial charge in [0.05, 0.1) is 5.69 Å². The summed E-state index contributed by atoms with van der Waals surface area (Å²) in [7, 11) is 0. The zero-order chi connectivity index (χ0) is 10.6. The molecule has 0 saturated heterocycles. The van der Waals surface area contributed by atoms with E-state index < -0.39 is 0 Å². The van der Waals surface area contributed by atoms with Gasteiger partial charge in [-0.05, 0) is 25.0 Å². The Morgan fingerprint density at radius 2 is 2.21 bits per heavy atom. The molecule has 14 heavy (non-hydrogen) atoms. The minimum atomic E-state index is 0.622. The van der Waals surface area contributed by atoms with Gasteiger partial charge in [0.1, 0.15) is 0 Å². The Kier molecular flexibility index (Phi) is 3.74. The van der Waals surface area contributed by atoms with Crippen molar-refractivity contribution in [3.05, 3.63) is 18.3 Å². The van der Waals surface area contributed by atoms with Crippen LogP contribution in [0.4, 0.5) is 11.5 Å². The van der Waals surface area contributed by atoms with E-state index in [9.17, 15) is 0 Å². The third-order valence-corrected chi connectivity index (χ3v) is 2.08. The maximum absolute atomic E-state index is 5.87. The predicted molar refractivity (Wildman–Crippen MR) is 61.4 cm³/mol. The largest absolute Gasteiger partial charge is 0.396 e. The van der Waals surface area contributed by atoms with Crippen molar-refractivity contribution in [3.63, 3.8) is 0 Å². The van der Waals surface area contributed by atoms with Crippen molar-refractivity contribution in [1.29, 1.82) is 0 Å². The van der Waals surface area contributed by atoms with Crippen LogP contribution < -0.4 is 10.6 Å². The fourth-order valence-electron chi connectivity index (χ4n) is 1.48. The Morgan fingerprint density at radius 1 is 1.50 bits per heavy atom. The van der Waals surface area contributed by atoms with Crippen molar-refractivity contribution in [1.82, 2.24) is 4.98 Å². The Hall–Kier alpha value is -1.25. The van der Waals surface area contributed by atoms with Gasteiger partial charge in [-0.1, -0.05) is 13.8 Å². The molecular formula is C11H19N3. The van der Waals surface area contributed by atoms with E-state index in [4.69, 9.17) is 5.73 Å². The Labute approximate surface area is 85.9 Å². The van der Waals surface area contributed by atoms with Crippen LogP contribution in [0.25, 0.3) is 0 Å². The van der Waals surface area contributed by atoms with Crippen molar-refractivity contribution in [2.45, 2.75) is 20.8 Å². The first-order valence-electron chi connectivity index (χ1n) is 5.10. The molecule has 0 atom stereocenters. The van der Waals surface area contributed by atoms with Crippen LogP contribution in [-0.2, 0) is 0 Å². The summed E-state index contributed by atoms with van der Waals surface area (Å²) in [5.41, 5.74) is 6.63. The van der Waals surface area contributed by atoms with Crippen molar-refractivity contribution >= 4 is 11.5 Å². The molecular weight excluding hydrogens is 174 g/mol. The van der Waals surface area contributed by atoms with Crippen molar-refractivity contribution < 1.29 is 0 Å². The normalized spacial score (nSPS) is 10.6. The van der Waals surface area contributed by atoms with Crippen molar-refractivity contribution in [2.24, 2.45) is 5.92 Å². The van der Waals surface area contributed by atoms with Crippen LogP contribution in [0.15, 0.2) is 18.3 Å². The van der Waals surface area contributed by atoms with Gasteiger partial charge in [-0.3, -0.25) is 0 Å². The van der Waals surface area contributed by atoms with E-state index in [2.05, 4.69) is 30.7 Å². The number of pyridine rings is 1. The molecule has 3 nitrogen and oxygen atoms in total. The Morgan fingerprint density at radius 3 is 2.71 bits per heavy atom. The maximum Gasteiger partial charge on any atom is 0.151 e. The van der Waals surface area contributed by atoms with Gasteiger partial charge in [0, 0.05) is 19.3 Å². The van der Waals surface area contributed by atoms with Gasteiger partial charge in [0.15, 0.2) is 5.82 Å². The monoisotopic (exact) mass is 193 g/mol. The van der Waals surface area contributed by atoms with Crippen LogP contribution in [0.2, 0.25) is 0 Å². The minimum absolute atomic E-state index is 0.622.